The maximum atomic E-state index is 12.7. The molecule has 1 aromatic heterocycles. The minimum Gasteiger partial charge on any atom is -0.495 e. The lowest BCUT2D eigenvalue weighted by Crippen LogP contribution is -2.37. The van der Waals surface area contributed by atoms with Crippen LogP contribution >= 0.6 is 22.9 Å². The normalized spacial score (nSPS) is 15.6. The van der Waals surface area contributed by atoms with Crippen LogP contribution in [-0.2, 0) is 11.3 Å². The summed E-state index contributed by atoms with van der Waals surface area (Å²) in [5.74, 6) is 0.998. The number of carbonyl (C=O) groups is 1. The Hall–Kier alpha value is -1.83. The number of piperidine rings is 1. The van der Waals surface area contributed by atoms with Crippen LogP contribution in [0, 0.1) is 12.8 Å². The molecule has 0 unspecified atom stereocenters. The molecule has 146 valence electrons. The summed E-state index contributed by atoms with van der Waals surface area (Å²) in [6, 6.07) is 3.34. The Balaban J connectivity index is 1.58. The molecular formula is C19H24ClN3O3S. The van der Waals surface area contributed by atoms with Gasteiger partial charge in [0, 0.05) is 30.0 Å². The van der Waals surface area contributed by atoms with Crippen molar-refractivity contribution in [3.05, 3.63) is 33.2 Å². The first kappa shape index (κ1) is 19.9. The van der Waals surface area contributed by atoms with Crippen LogP contribution in [0.3, 0.4) is 0 Å². The van der Waals surface area contributed by atoms with Crippen molar-refractivity contribution in [2.75, 3.05) is 32.6 Å². The van der Waals surface area contributed by atoms with Gasteiger partial charge in [0.15, 0.2) is 0 Å². The summed E-state index contributed by atoms with van der Waals surface area (Å²) in [4.78, 5) is 19.6. The number of aryl methyl sites for hydroxylation is 1. The number of thiazole rings is 1. The van der Waals surface area contributed by atoms with Gasteiger partial charge in [-0.1, -0.05) is 11.6 Å². The van der Waals surface area contributed by atoms with Gasteiger partial charge in [0.1, 0.15) is 11.5 Å². The number of rotatable bonds is 6. The van der Waals surface area contributed by atoms with E-state index < -0.39 is 0 Å². The van der Waals surface area contributed by atoms with E-state index in [1.807, 2.05) is 6.92 Å². The maximum absolute atomic E-state index is 12.7. The van der Waals surface area contributed by atoms with E-state index in [-0.39, 0.29) is 11.8 Å². The largest absolute Gasteiger partial charge is 0.495 e. The number of hydrogen-bond acceptors (Lipinski definition) is 6. The molecule has 6 nitrogen and oxygen atoms in total. The second kappa shape index (κ2) is 8.91. The SMILES string of the molecule is COc1cc(NC(=O)C2CCN(Cc3csc(C)n3)CC2)c(OC)cc1Cl. The number of likely N-dealkylation sites (tertiary alicyclic amines) is 1. The minimum absolute atomic E-state index is 0.00169. The number of halogens is 1. The molecule has 2 heterocycles. The number of aromatic nitrogens is 1. The molecule has 3 rings (SSSR count). The Morgan fingerprint density at radius 3 is 2.59 bits per heavy atom. The van der Waals surface area contributed by atoms with Gasteiger partial charge < -0.3 is 14.8 Å². The van der Waals surface area contributed by atoms with Gasteiger partial charge in [0.25, 0.3) is 0 Å². The van der Waals surface area contributed by atoms with Gasteiger partial charge in [-0.2, -0.15) is 0 Å². The summed E-state index contributed by atoms with van der Waals surface area (Å²) in [5.41, 5.74) is 1.68. The second-order valence-electron chi connectivity index (χ2n) is 6.58. The number of carbonyl (C=O) groups excluding carboxylic acids is 1. The molecule has 2 aromatic rings. The highest BCUT2D eigenvalue weighted by Gasteiger charge is 2.26. The highest BCUT2D eigenvalue weighted by atomic mass is 35.5. The first-order valence-corrected chi connectivity index (χ1v) is 10.1. The molecule has 0 saturated carbocycles. The zero-order valence-electron chi connectivity index (χ0n) is 15.8. The third-order valence-electron chi connectivity index (χ3n) is 4.74. The lowest BCUT2D eigenvalue weighted by atomic mass is 9.95. The molecule has 0 spiro atoms. The van der Waals surface area contributed by atoms with E-state index in [0.717, 1.165) is 43.2 Å². The molecule has 1 amide bonds. The van der Waals surface area contributed by atoms with Crippen LogP contribution in [0.25, 0.3) is 0 Å². The Morgan fingerprint density at radius 1 is 1.30 bits per heavy atom. The van der Waals surface area contributed by atoms with E-state index in [0.29, 0.717) is 22.2 Å². The summed E-state index contributed by atoms with van der Waals surface area (Å²) in [6.07, 6.45) is 1.64. The van der Waals surface area contributed by atoms with Gasteiger partial charge in [-0.3, -0.25) is 9.69 Å². The van der Waals surface area contributed by atoms with Crippen molar-refractivity contribution >= 4 is 34.5 Å². The quantitative estimate of drug-likeness (QED) is 0.781. The number of ether oxygens (including phenoxy) is 2. The first-order valence-electron chi connectivity index (χ1n) is 8.86. The predicted octanol–water partition coefficient (Wildman–Crippen LogP) is 3.97. The predicted molar refractivity (Wildman–Crippen MR) is 108 cm³/mol. The van der Waals surface area contributed by atoms with Crippen LogP contribution in [0.15, 0.2) is 17.5 Å². The summed E-state index contributed by atoms with van der Waals surface area (Å²) >= 11 is 7.80. The van der Waals surface area contributed by atoms with E-state index in [1.54, 1.807) is 37.7 Å². The van der Waals surface area contributed by atoms with Gasteiger partial charge in [-0.25, -0.2) is 4.98 Å². The van der Waals surface area contributed by atoms with Crippen LogP contribution < -0.4 is 14.8 Å². The number of anilines is 1. The number of hydrogen-bond donors (Lipinski definition) is 1. The van der Waals surface area contributed by atoms with Crippen LogP contribution in [-0.4, -0.2) is 43.1 Å². The molecule has 1 aromatic carbocycles. The lowest BCUT2D eigenvalue weighted by molar-refractivity contribution is -0.121. The van der Waals surface area contributed by atoms with Crippen LogP contribution in [0.4, 0.5) is 5.69 Å². The van der Waals surface area contributed by atoms with E-state index in [9.17, 15) is 4.79 Å². The molecule has 0 aliphatic carbocycles. The highest BCUT2D eigenvalue weighted by molar-refractivity contribution is 7.09. The average molecular weight is 410 g/mol. The molecule has 1 aliphatic rings. The Labute approximate surface area is 168 Å². The number of benzene rings is 1. The van der Waals surface area contributed by atoms with Crippen LogP contribution in [0.2, 0.25) is 5.02 Å². The Kier molecular flexibility index (Phi) is 6.57. The number of methoxy groups -OCH3 is 2. The summed E-state index contributed by atoms with van der Waals surface area (Å²) in [6.45, 7) is 4.64. The first-order chi connectivity index (χ1) is 13.0. The van der Waals surface area contributed by atoms with E-state index >= 15 is 0 Å². The molecular weight excluding hydrogens is 386 g/mol. The van der Waals surface area contributed by atoms with E-state index in [2.05, 4.69) is 20.6 Å². The van der Waals surface area contributed by atoms with Crippen molar-refractivity contribution in [3.8, 4) is 11.5 Å². The van der Waals surface area contributed by atoms with Crippen LogP contribution in [0.1, 0.15) is 23.5 Å². The monoisotopic (exact) mass is 409 g/mol. The Bertz CT molecular complexity index is 803. The third kappa shape index (κ3) is 4.91. The fraction of sp³-hybridized carbons (Fsp3) is 0.474. The topological polar surface area (TPSA) is 63.7 Å². The molecule has 0 radical (unpaired) electrons. The summed E-state index contributed by atoms with van der Waals surface area (Å²) in [7, 11) is 3.09. The van der Waals surface area contributed by atoms with Gasteiger partial charge in [-0.05, 0) is 32.9 Å². The summed E-state index contributed by atoms with van der Waals surface area (Å²) in [5, 5.41) is 6.61. The maximum Gasteiger partial charge on any atom is 0.227 e. The highest BCUT2D eigenvalue weighted by Crippen LogP contribution is 2.36. The molecule has 27 heavy (non-hydrogen) atoms. The zero-order valence-corrected chi connectivity index (χ0v) is 17.3. The van der Waals surface area contributed by atoms with Gasteiger partial charge in [0.2, 0.25) is 5.91 Å². The van der Waals surface area contributed by atoms with Gasteiger partial charge >= 0.3 is 0 Å². The van der Waals surface area contributed by atoms with E-state index in [4.69, 9.17) is 21.1 Å². The minimum atomic E-state index is -0.0233. The number of amides is 1. The molecule has 1 N–H and O–H groups in total. The third-order valence-corrected chi connectivity index (χ3v) is 5.86. The van der Waals surface area contributed by atoms with E-state index in [1.165, 1.54) is 0 Å². The van der Waals surface area contributed by atoms with Gasteiger partial charge in [0.05, 0.1) is 35.6 Å². The molecule has 1 fully saturated rings. The smallest absolute Gasteiger partial charge is 0.227 e. The summed E-state index contributed by atoms with van der Waals surface area (Å²) < 4.78 is 10.6. The van der Waals surface area contributed by atoms with Crippen molar-refractivity contribution in [2.24, 2.45) is 5.92 Å². The zero-order chi connectivity index (χ0) is 19.4. The van der Waals surface area contributed by atoms with Crippen LogP contribution in [0.5, 0.6) is 11.5 Å². The van der Waals surface area contributed by atoms with Crippen molar-refractivity contribution in [2.45, 2.75) is 26.3 Å². The average Bonchev–Trinajstić information content (AvgIpc) is 3.08. The lowest BCUT2D eigenvalue weighted by Gasteiger charge is -2.30. The number of nitrogens with zero attached hydrogens (tertiary/aromatic N) is 2. The second-order valence-corrected chi connectivity index (χ2v) is 8.05. The van der Waals surface area contributed by atoms with Crippen molar-refractivity contribution in [1.29, 1.82) is 0 Å². The molecule has 8 heteroatoms. The van der Waals surface area contributed by atoms with Crippen molar-refractivity contribution in [3.63, 3.8) is 0 Å². The molecule has 1 aliphatic heterocycles. The van der Waals surface area contributed by atoms with Crippen molar-refractivity contribution < 1.29 is 14.3 Å². The Morgan fingerprint density at radius 2 is 2.00 bits per heavy atom. The fourth-order valence-electron chi connectivity index (χ4n) is 3.26. The number of nitrogens with one attached hydrogen (secondary N) is 1. The molecule has 0 atom stereocenters. The fourth-order valence-corrected chi connectivity index (χ4v) is 4.09. The van der Waals surface area contributed by atoms with Gasteiger partial charge in [-0.15, -0.1) is 11.3 Å². The molecule has 0 bridgehead atoms. The molecule has 1 saturated heterocycles. The standard InChI is InChI=1S/C19H24ClN3O3S/c1-12-21-14(11-27-12)10-23-6-4-13(5-7-23)19(24)22-16-9-17(25-2)15(20)8-18(16)26-3/h8-9,11,13H,4-7,10H2,1-3H3,(H,22,24). The van der Waals surface area contributed by atoms with Crippen molar-refractivity contribution in [1.82, 2.24) is 9.88 Å².